The number of ether oxygens (including phenoxy) is 2. The number of benzene rings is 2. The quantitative estimate of drug-likeness (QED) is 0.533. The molecule has 0 aliphatic heterocycles. The normalized spacial score (nSPS) is 10.2. The molecule has 0 heterocycles. The van der Waals surface area contributed by atoms with Gasteiger partial charge in [-0.05, 0) is 48.2 Å². The van der Waals surface area contributed by atoms with Crippen molar-refractivity contribution in [3.05, 3.63) is 59.7 Å². The highest BCUT2D eigenvalue weighted by Gasteiger charge is 2.00. The van der Waals surface area contributed by atoms with Gasteiger partial charge >= 0.3 is 0 Å². The van der Waals surface area contributed by atoms with Crippen LogP contribution >= 0.6 is 0 Å². The summed E-state index contributed by atoms with van der Waals surface area (Å²) in [7, 11) is 0. The van der Waals surface area contributed by atoms with Gasteiger partial charge in [0.1, 0.15) is 11.5 Å². The maximum atomic E-state index is 8.75. The molecule has 0 aliphatic rings. The Morgan fingerprint density at radius 2 is 1.29 bits per heavy atom. The highest BCUT2D eigenvalue weighted by Crippen LogP contribution is 2.18. The van der Waals surface area contributed by atoms with Crippen molar-refractivity contribution in [2.45, 2.75) is 25.7 Å². The van der Waals surface area contributed by atoms with Crippen molar-refractivity contribution in [2.24, 2.45) is 0 Å². The minimum Gasteiger partial charge on any atom is -0.494 e. The monoisotopic (exact) mass is 324 g/mol. The fourth-order valence-electron chi connectivity index (χ4n) is 2.26. The van der Waals surface area contributed by atoms with Gasteiger partial charge in [-0.3, -0.25) is 0 Å². The molecule has 3 heteroatoms. The van der Waals surface area contributed by atoms with Crippen LogP contribution in [0.1, 0.15) is 30.4 Å². The lowest BCUT2D eigenvalue weighted by Gasteiger charge is -2.08. The summed E-state index contributed by atoms with van der Waals surface area (Å²) in [6.45, 7) is 1.35. The first-order valence-corrected chi connectivity index (χ1v) is 8.29. The van der Waals surface area contributed by atoms with E-state index < -0.39 is 0 Å². The fraction of sp³-hybridized carbons (Fsp3) is 0.333. The molecule has 0 fully saturated rings. The third-order valence-electron chi connectivity index (χ3n) is 3.56. The molecule has 0 saturated heterocycles. The summed E-state index contributed by atoms with van der Waals surface area (Å²) in [6, 6.07) is 16.2. The molecule has 0 amide bonds. The zero-order chi connectivity index (χ0) is 17.0. The molecule has 126 valence electrons. The Balaban J connectivity index is 1.81. The molecule has 2 rings (SSSR count). The van der Waals surface area contributed by atoms with E-state index in [0.717, 1.165) is 30.8 Å². The smallest absolute Gasteiger partial charge is 0.119 e. The second-order valence-corrected chi connectivity index (χ2v) is 5.55. The molecular weight excluding hydrogens is 300 g/mol. The summed E-state index contributed by atoms with van der Waals surface area (Å²) < 4.78 is 11.2. The fourth-order valence-corrected chi connectivity index (χ4v) is 2.26. The van der Waals surface area contributed by atoms with Crippen LogP contribution in [0.3, 0.4) is 0 Å². The van der Waals surface area contributed by atoms with Gasteiger partial charge in [0.15, 0.2) is 0 Å². The Kier molecular flexibility index (Phi) is 7.73. The van der Waals surface area contributed by atoms with Crippen LogP contribution in [0.15, 0.2) is 48.5 Å². The van der Waals surface area contributed by atoms with Gasteiger partial charge in [0, 0.05) is 19.4 Å². The van der Waals surface area contributed by atoms with Crippen LogP contribution < -0.4 is 9.47 Å². The van der Waals surface area contributed by atoms with Crippen molar-refractivity contribution < 1.29 is 14.6 Å². The van der Waals surface area contributed by atoms with E-state index in [4.69, 9.17) is 21.0 Å². The molecule has 0 saturated carbocycles. The first kappa shape index (κ1) is 17.9. The standard InChI is InChI=1S/C21H24O3/c1-2-3-4-15-23-20-10-6-18(7-11-20)17-19-8-12-21(13-9-19)24-16-5-14-22/h1,6-13,22H,3-5,14-17H2. The Bertz CT molecular complexity index is 624. The molecule has 3 nitrogen and oxygen atoms in total. The highest BCUT2D eigenvalue weighted by molar-refractivity contribution is 5.34. The molecule has 24 heavy (non-hydrogen) atoms. The summed E-state index contributed by atoms with van der Waals surface area (Å²) in [6.07, 6.45) is 8.37. The van der Waals surface area contributed by atoms with Crippen LogP contribution in [0, 0.1) is 12.3 Å². The Morgan fingerprint density at radius 1 is 0.792 bits per heavy atom. The predicted octanol–water partition coefficient (Wildman–Crippen LogP) is 3.83. The third-order valence-corrected chi connectivity index (χ3v) is 3.56. The van der Waals surface area contributed by atoms with Gasteiger partial charge in [-0.2, -0.15) is 0 Å². The van der Waals surface area contributed by atoms with Crippen LogP contribution in [-0.2, 0) is 6.42 Å². The number of rotatable bonds is 10. The lowest BCUT2D eigenvalue weighted by molar-refractivity contribution is 0.233. The molecular formula is C21H24O3. The van der Waals surface area contributed by atoms with Crippen LogP contribution in [-0.4, -0.2) is 24.9 Å². The van der Waals surface area contributed by atoms with Crippen LogP contribution in [0.4, 0.5) is 0 Å². The maximum absolute atomic E-state index is 8.75. The number of aliphatic hydroxyl groups is 1. The molecule has 1 N–H and O–H groups in total. The summed E-state index contributed by atoms with van der Waals surface area (Å²) >= 11 is 0. The molecule has 0 aliphatic carbocycles. The third kappa shape index (κ3) is 6.36. The first-order valence-electron chi connectivity index (χ1n) is 8.29. The summed E-state index contributed by atoms with van der Waals surface area (Å²) in [4.78, 5) is 0. The average Bonchev–Trinajstić information content (AvgIpc) is 2.62. The first-order chi connectivity index (χ1) is 11.8. The Morgan fingerprint density at radius 3 is 1.75 bits per heavy atom. The molecule has 0 atom stereocenters. The van der Waals surface area contributed by atoms with E-state index in [1.165, 1.54) is 11.1 Å². The number of hydrogen-bond donors (Lipinski definition) is 1. The topological polar surface area (TPSA) is 38.7 Å². The Labute approximate surface area is 144 Å². The van der Waals surface area contributed by atoms with Gasteiger partial charge in [-0.15, -0.1) is 12.3 Å². The van der Waals surface area contributed by atoms with E-state index >= 15 is 0 Å². The van der Waals surface area contributed by atoms with Crippen molar-refractivity contribution in [3.63, 3.8) is 0 Å². The lowest BCUT2D eigenvalue weighted by Crippen LogP contribution is -1.99. The molecule has 0 unspecified atom stereocenters. The summed E-state index contributed by atoms with van der Waals surface area (Å²) in [5.74, 6) is 4.32. The summed E-state index contributed by atoms with van der Waals surface area (Å²) in [5.41, 5.74) is 2.46. The zero-order valence-electron chi connectivity index (χ0n) is 13.9. The highest BCUT2D eigenvalue weighted by atomic mass is 16.5. The lowest BCUT2D eigenvalue weighted by atomic mass is 10.0. The zero-order valence-corrected chi connectivity index (χ0v) is 13.9. The van der Waals surface area contributed by atoms with E-state index in [1.54, 1.807) is 0 Å². The van der Waals surface area contributed by atoms with Gasteiger partial charge in [0.05, 0.1) is 13.2 Å². The van der Waals surface area contributed by atoms with Crippen LogP contribution in [0.25, 0.3) is 0 Å². The number of terminal acetylenes is 1. The van der Waals surface area contributed by atoms with E-state index in [9.17, 15) is 0 Å². The van der Waals surface area contributed by atoms with E-state index in [2.05, 4.69) is 30.2 Å². The van der Waals surface area contributed by atoms with Gasteiger partial charge in [0.25, 0.3) is 0 Å². The van der Waals surface area contributed by atoms with E-state index in [0.29, 0.717) is 19.6 Å². The van der Waals surface area contributed by atoms with E-state index in [-0.39, 0.29) is 6.61 Å². The number of aliphatic hydroxyl groups excluding tert-OH is 1. The molecule has 0 bridgehead atoms. The number of unbranched alkanes of at least 4 members (excludes halogenated alkanes) is 1. The minimum absolute atomic E-state index is 0.154. The molecule has 0 radical (unpaired) electrons. The predicted molar refractivity (Wildman–Crippen MR) is 96.4 cm³/mol. The van der Waals surface area contributed by atoms with Gasteiger partial charge in [-0.1, -0.05) is 24.3 Å². The molecule has 0 aromatic heterocycles. The van der Waals surface area contributed by atoms with Gasteiger partial charge < -0.3 is 14.6 Å². The average molecular weight is 324 g/mol. The van der Waals surface area contributed by atoms with Crippen LogP contribution in [0.5, 0.6) is 11.5 Å². The second kappa shape index (κ2) is 10.4. The minimum atomic E-state index is 0.154. The molecule has 2 aromatic rings. The summed E-state index contributed by atoms with van der Waals surface area (Å²) in [5, 5.41) is 8.75. The van der Waals surface area contributed by atoms with Gasteiger partial charge in [-0.25, -0.2) is 0 Å². The van der Waals surface area contributed by atoms with Crippen molar-refractivity contribution in [1.82, 2.24) is 0 Å². The molecule has 0 spiro atoms. The Hall–Kier alpha value is -2.44. The number of hydrogen-bond acceptors (Lipinski definition) is 3. The van der Waals surface area contributed by atoms with Crippen molar-refractivity contribution in [1.29, 1.82) is 0 Å². The maximum Gasteiger partial charge on any atom is 0.119 e. The van der Waals surface area contributed by atoms with E-state index in [1.807, 2.05) is 24.3 Å². The van der Waals surface area contributed by atoms with Crippen molar-refractivity contribution >= 4 is 0 Å². The molecule has 2 aromatic carbocycles. The van der Waals surface area contributed by atoms with Gasteiger partial charge in [0.2, 0.25) is 0 Å². The van der Waals surface area contributed by atoms with Crippen LogP contribution in [0.2, 0.25) is 0 Å². The largest absolute Gasteiger partial charge is 0.494 e. The van der Waals surface area contributed by atoms with Crippen molar-refractivity contribution in [3.8, 4) is 23.8 Å². The SMILES string of the molecule is C#CCCCOc1ccc(Cc2ccc(OCCCO)cc2)cc1. The second-order valence-electron chi connectivity index (χ2n) is 5.55. The van der Waals surface area contributed by atoms with Crippen molar-refractivity contribution in [2.75, 3.05) is 19.8 Å².